The maximum atomic E-state index is 12.9. The number of nitrogens with zero attached hydrogens (tertiary/aromatic N) is 2. The van der Waals surface area contributed by atoms with Crippen LogP contribution in [0.1, 0.15) is 162 Å². The monoisotopic (exact) mass is 1050 g/mol. The van der Waals surface area contributed by atoms with Gasteiger partial charge in [0.05, 0.1) is 25.4 Å². The number of hydrogen-bond donors (Lipinski definition) is 7. The third kappa shape index (κ3) is 29.8. The Morgan fingerprint density at radius 2 is 1.30 bits per heavy atom. The highest BCUT2D eigenvalue weighted by atomic mass is 31.3. The van der Waals surface area contributed by atoms with Gasteiger partial charge in [0.25, 0.3) is 0 Å². The van der Waals surface area contributed by atoms with Crippen molar-refractivity contribution >= 4 is 33.4 Å². The van der Waals surface area contributed by atoms with Crippen molar-refractivity contribution in [3.63, 3.8) is 0 Å². The molecular weight excluding hydrogens is 964 g/mol. The van der Waals surface area contributed by atoms with Gasteiger partial charge in [0.2, 0.25) is 0 Å². The molecule has 71 heavy (non-hydrogen) atoms. The number of anilines is 1. The van der Waals surface area contributed by atoms with Crippen LogP contribution in [-0.4, -0.2) is 108 Å². The highest BCUT2D eigenvalue weighted by Crippen LogP contribution is 2.60. The molecule has 1 saturated heterocycles. The van der Waals surface area contributed by atoms with E-state index in [-0.39, 0.29) is 37.9 Å². The molecule has 1 aliphatic heterocycles. The molecule has 0 saturated carbocycles. The van der Waals surface area contributed by atoms with Gasteiger partial charge in [0, 0.05) is 19.0 Å². The van der Waals surface area contributed by atoms with Gasteiger partial charge in [-0.2, -0.15) is 9.29 Å². The average molecular weight is 1050 g/mol. The Morgan fingerprint density at radius 1 is 0.746 bits per heavy atom. The van der Waals surface area contributed by atoms with Crippen LogP contribution in [0.15, 0.2) is 65.7 Å². The summed E-state index contributed by atoms with van der Waals surface area (Å²) in [6.45, 7) is 4.03. The number of phosphoric ester groups is 2. The molecule has 2 rings (SSSR count). The molecule has 406 valence electrons. The number of allylic oxidation sites excluding steroid dienone is 7. The van der Waals surface area contributed by atoms with Crippen molar-refractivity contribution in [1.29, 1.82) is 0 Å². The molecule has 1 aromatic rings. The zero-order chi connectivity index (χ0) is 52.5. The van der Waals surface area contributed by atoms with Crippen molar-refractivity contribution in [1.82, 2.24) is 9.55 Å². The predicted octanol–water partition coefficient (Wildman–Crippen LogP) is 7.96. The molecule has 1 aliphatic rings. The molecule has 0 aromatic carbocycles. The first-order valence-electron chi connectivity index (χ1n) is 25.2. The van der Waals surface area contributed by atoms with E-state index in [0.29, 0.717) is 12.8 Å². The van der Waals surface area contributed by atoms with Crippen LogP contribution in [0, 0.1) is 5.92 Å². The largest absolute Gasteiger partial charge is 0.481 e. The molecule has 20 nitrogen and oxygen atoms in total. The van der Waals surface area contributed by atoms with E-state index in [1.165, 1.54) is 44.6 Å². The number of carbonyl (C=O) groups is 2. The van der Waals surface area contributed by atoms with Gasteiger partial charge in [-0.1, -0.05) is 140 Å². The van der Waals surface area contributed by atoms with Crippen LogP contribution in [0.2, 0.25) is 0 Å². The summed E-state index contributed by atoms with van der Waals surface area (Å²) in [7, 11) is -11.0. The Morgan fingerprint density at radius 3 is 1.89 bits per heavy atom. The number of nitrogen functional groups attached to an aromatic ring is 1. The number of aromatic nitrogens is 2. The van der Waals surface area contributed by atoms with Gasteiger partial charge in [-0.05, 0) is 63.4 Å². The first-order valence-corrected chi connectivity index (χ1v) is 28.2. The minimum atomic E-state index is -5.48. The van der Waals surface area contributed by atoms with Crippen LogP contribution in [0.25, 0.3) is 0 Å². The summed E-state index contributed by atoms with van der Waals surface area (Å²) in [5.74, 6) is -0.854. The Bertz CT molecular complexity index is 1930. The van der Waals surface area contributed by atoms with Gasteiger partial charge in [0.1, 0.15) is 30.7 Å². The average Bonchev–Trinajstić information content (AvgIpc) is 3.59. The second-order valence-corrected chi connectivity index (χ2v) is 21.1. The van der Waals surface area contributed by atoms with Crippen LogP contribution in [0.5, 0.6) is 0 Å². The third-order valence-corrected chi connectivity index (χ3v) is 13.9. The lowest BCUT2D eigenvalue weighted by Crippen LogP contribution is -2.36. The van der Waals surface area contributed by atoms with Crippen LogP contribution in [0.3, 0.4) is 0 Å². The summed E-state index contributed by atoms with van der Waals surface area (Å²) < 4.78 is 56.5. The molecule has 1 aromatic heterocycles. The summed E-state index contributed by atoms with van der Waals surface area (Å²) in [5.41, 5.74) is 4.56. The van der Waals surface area contributed by atoms with E-state index in [9.17, 15) is 53.7 Å². The lowest BCUT2D eigenvalue weighted by molar-refractivity contribution is -0.161. The first kappa shape index (κ1) is 63.8. The number of hydrogen-bond acceptors (Lipinski definition) is 17. The van der Waals surface area contributed by atoms with E-state index < -0.39 is 95.9 Å². The summed E-state index contributed by atoms with van der Waals surface area (Å²) in [6.07, 6.45) is 23.7. The minimum absolute atomic E-state index is 0.0109. The molecule has 9 atom stereocenters. The quantitative estimate of drug-likeness (QED) is 0.0142. The normalized spacial score (nSPS) is 20.5. The molecule has 1 fully saturated rings. The maximum absolute atomic E-state index is 12.9. The number of aliphatic hydroxyl groups is 4. The summed E-state index contributed by atoms with van der Waals surface area (Å²) in [4.78, 5) is 61.9. The predicted molar refractivity (Wildman–Crippen MR) is 268 cm³/mol. The smallest absolute Gasteiger partial charge is 0.462 e. The highest BCUT2D eigenvalue weighted by molar-refractivity contribution is 7.61. The van der Waals surface area contributed by atoms with Crippen molar-refractivity contribution in [3.8, 4) is 0 Å². The van der Waals surface area contributed by atoms with Gasteiger partial charge in [0.15, 0.2) is 12.3 Å². The zero-order valence-corrected chi connectivity index (χ0v) is 43.7. The number of ether oxygens (including phenoxy) is 3. The van der Waals surface area contributed by atoms with Gasteiger partial charge in [-0.3, -0.25) is 23.2 Å². The van der Waals surface area contributed by atoms with Crippen molar-refractivity contribution in [2.24, 2.45) is 5.92 Å². The summed E-state index contributed by atoms with van der Waals surface area (Å²) in [6, 6.07) is 1.23. The fourth-order valence-corrected chi connectivity index (χ4v) is 9.40. The highest BCUT2D eigenvalue weighted by Gasteiger charge is 2.46. The lowest BCUT2D eigenvalue weighted by Gasteiger charge is -2.21. The fourth-order valence-electron chi connectivity index (χ4n) is 7.29. The standard InChI is InChI=1S/C49H83N3O17P2/c1-4-5-6-7-8-9-10-13-16-19-22-25-29-40(53)41(54)30-27-32-44(55)64-35-39(67-45(56)31-26-23-20-17-14-11-12-15-18-21-24-28-38(2)3)36-65-70(60,61)69-71(62,63)66-37-42-46(57)47(58)48(68-42)52-34-33-43(50)51-49(52)59/h5-6,8-9,13,16,22,25,33-34,38-42,46-48,53-54,57-58H,4,7,10-12,14-15,17-21,23-24,26-32,35-37H2,1-3H3,(H,60,61)(H,62,63)(H2,50,51,59)/b6-5-,9-8-,16-13-,25-22-/t39-,40+,41+,42-,46-,47-,48-/m1/s1. The zero-order valence-electron chi connectivity index (χ0n) is 41.9. The second-order valence-electron chi connectivity index (χ2n) is 18.1. The van der Waals surface area contributed by atoms with Gasteiger partial charge in [-0.15, -0.1) is 0 Å². The van der Waals surface area contributed by atoms with Gasteiger partial charge < -0.3 is 50.2 Å². The van der Waals surface area contributed by atoms with E-state index in [4.69, 9.17) is 29.0 Å². The first-order chi connectivity index (χ1) is 33.8. The number of esters is 2. The van der Waals surface area contributed by atoms with Crippen molar-refractivity contribution < 1.29 is 76.5 Å². The SMILES string of the molecule is CC/C=C\C/C=C\C/C=C\C/C=C\C[C@H](O)[C@@H](O)CCCC(=O)OC[C@H](COP(=O)(O)OP(=O)(O)OC[C@H]1O[C@@H](n2ccc(N)nc2=O)[C@H](O)[C@@H]1O)OC(=O)CCCCCCCCCCCCCC(C)C. The molecule has 2 heterocycles. The molecule has 2 unspecified atom stereocenters. The molecule has 8 N–H and O–H groups in total. The van der Waals surface area contributed by atoms with E-state index in [0.717, 1.165) is 68.0 Å². The second kappa shape index (κ2) is 36.5. The molecular formula is C49H83N3O17P2. The van der Waals surface area contributed by atoms with Gasteiger partial charge in [-0.25, -0.2) is 13.9 Å². The van der Waals surface area contributed by atoms with E-state index in [2.05, 4.69) is 54.4 Å². The Labute approximate surface area is 419 Å². The van der Waals surface area contributed by atoms with Crippen molar-refractivity contribution in [3.05, 3.63) is 71.4 Å². The number of unbranched alkanes of at least 4 members (excludes halogenated alkanes) is 10. The number of phosphoric acid groups is 2. The third-order valence-electron chi connectivity index (χ3n) is 11.3. The summed E-state index contributed by atoms with van der Waals surface area (Å²) in [5, 5.41) is 41.7. The van der Waals surface area contributed by atoms with E-state index in [1.807, 2.05) is 18.2 Å². The maximum Gasteiger partial charge on any atom is 0.481 e. The number of rotatable bonds is 40. The Kier molecular flexibility index (Phi) is 32.8. The molecule has 0 radical (unpaired) electrons. The van der Waals surface area contributed by atoms with Crippen LogP contribution in [-0.2, 0) is 46.3 Å². The van der Waals surface area contributed by atoms with E-state index >= 15 is 0 Å². The molecule has 22 heteroatoms. The topological polar surface area (TPSA) is 306 Å². The van der Waals surface area contributed by atoms with Crippen molar-refractivity contribution in [2.45, 2.75) is 198 Å². The Balaban J connectivity index is 1.87. The van der Waals surface area contributed by atoms with Crippen LogP contribution >= 0.6 is 15.6 Å². The van der Waals surface area contributed by atoms with Crippen molar-refractivity contribution in [2.75, 3.05) is 25.6 Å². The number of carbonyl (C=O) groups excluding carboxylic acids is 2. The Hall–Kier alpha value is -3.36. The molecule has 0 amide bonds. The molecule has 0 spiro atoms. The molecule has 0 bridgehead atoms. The summed E-state index contributed by atoms with van der Waals surface area (Å²) >= 11 is 0. The van der Waals surface area contributed by atoms with Crippen LogP contribution in [0.4, 0.5) is 5.82 Å². The van der Waals surface area contributed by atoms with Crippen LogP contribution < -0.4 is 11.4 Å². The van der Waals surface area contributed by atoms with Gasteiger partial charge >= 0.3 is 33.3 Å². The van der Waals surface area contributed by atoms with E-state index in [1.54, 1.807) is 6.08 Å². The molecule has 0 aliphatic carbocycles. The lowest BCUT2D eigenvalue weighted by atomic mass is 10.0. The number of nitrogens with two attached hydrogens (primary N) is 1. The number of aliphatic hydroxyl groups excluding tert-OH is 4. The minimum Gasteiger partial charge on any atom is -0.462 e. The fraction of sp³-hybridized carbons (Fsp3) is 0.714.